The highest BCUT2D eigenvalue weighted by atomic mass is 35.5. The molecule has 1 aromatic heterocycles. The van der Waals surface area contributed by atoms with Gasteiger partial charge >= 0.3 is 0 Å². The molecule has 1 aliphatic heterocycles. The maximum Gasteiger partial charge on any atom is 0.256 e. The fraction of sp³-hybridized carbons (Fsp3) is 0.348. The van der Waals surface area contributed by atoms with Crippen LogP contribution in [0, 0.1) is 0 Å². The van der Waals surface area contributed by atoms with Crippen molar-refractivity contribution in [2.24, 2.45) is 10.7 Å². The summed E-state index contributed by atoms with van der Waals surface area (Å²) in [5.41, 5.74) is 11.4. The molecule has 1 amide bonds. The van der Waals surface area contributed by atoms with Gasteiger partial charge in [0.2, 0.25) is 0 Å². The fourth-order valence-corrected chi connectivity index (χ4v) is 4.04. The summed E-state index contributed by atoms with van der Waals surface area (Å²) >= 11 is 6.38. The lowest BCUT2D eigenvalue weighted by atomic mass is 9.91. The Labute approximate surface area is 182 Å². The van der Waals surface area contributed by atoms with E-state index in [1.807, 2.05) is 13.1 Å². The molecule has 2 heterocycles. The first-order valence-corrected chi connectivity index (χ1v) is 10.3. The number of halogens is 1. The van der Waals surface area contributed by atoms with Crippen LogP contribution in [0.4, 0.5) is 0 Å². The largest absolute Gasteiger partial charge is 0.495 e. The van der Waals surface area contributed by atoms with Crippen LogP contribution >= 0.6 is 11.6 Å². The Bertz CT molecular complexity index is 1020. The van der Waals surface area contributed by atoms with E-state index < -0.39 is 0 Å². The molecule has 2 N–H and O–H groups in total. The molecule has 1 aliphatic rings. The highest BCUT2D eigenvalue weighted by molar-refractivity contribution is 6.35. The molecule has 1 atom stereocenters. The van der Waals surface area contributed by atoms with Crippen LogP contribution in [-0.4, -0.2) is 48.2 Å². The van der Waals surface area contributed by atoms with E-state index in [0.717, 1.165) is 28.8 Å². The van der Waals surface area contributed by atoms with Crippen molar-refractivity contribution in [2.45, 2.75) is 32.7 Å². The lowest BCUT2D eigenvalue weighted by Gasteiger charge is -2.36. The third-order valence-electron chi connectivity index (χ3n) is 5.53. The lowest BCUT2D eigenvalue weighted by molar-refractivity contribution is 0.0706. The molecule has 0 bridgehead atoms. The number of methoxy groups -OCH3 is 1. The zero-order valence-corrected chi connectivity index (χ0v) is 18.5. The molecule has 0 spiro atoms. The molecular formula is C23H27ClN4O2. The Hall–Kier alpha value is -2.86. The number of nitrogens with zero attached hydrogens (tertiary/aromatic N) is 3. The van der Waals surface area contributed by atoms with Crippen molar-refractivity contribution in [1.29, 1.82) is 0 Å². The molecule has 0 radical (unpaired) electrons. The number of hydrogen-bond acceptors (Lipinski definition) is 5. The molecule has 1 aromatic carbocycles. The third kappa shape index (κ3) is 4.05. The van der Waals surface area contributed by atoms with Crippen molar-refractivity contribution in [3.63, 3.8) is 0 Å². The van der Waals surface area contributed by atoms with Crippen molar-refractivity contribution < 1.29 is 9.53 Å². The average Bonchev–Trinajstić information content (AvgIpc) is 2.77. The number of benzene rings is 1. The molecular weight excluding hydrogens is 400 g/mol. The number of rotatable bonds is 5. The van der Waals surface area contributed by atoms with Gasteiger partial charge in [0.05, 0.1) is 29.4 Å². The first kappa shape index (κ1) is 21.8. The minimum absolute atomic E-state index is 0.168. The van der Waals surface area contributed by atoms with Gasteiger partial charge in [-0.2, -0.15) is 0 Å². The van der Waals surface area contributed by atoms with Crippen molar-refractivity contribution in [2.75, 3.05) is 20.7 Å². The van der Waals surface area contributed by atoms with Crippen molar-refractivity contribution in [1.82, 2.24) is 9.88 Å². The first-order valence-electron chi connectivity index (χ1n) is 9.96. The molecule has 2 aromatic rings. The maximum atomic E-state index is 13.2. The zero-order chi connectivity index (χ0) is 21.8. The zero-order valence-electron chi connectivity index (χ0n) is 17.8. The molecule has 0 aliphatic carbocycles. The summed E-state index contributed by atoms with van der Waals surface area (Å²) in [6.07, 6.45) is 5.16. The van der Waals surface area contributed by atoms with Crippen LogP contribution in [0.5, 0.6) is 5.75 Å². The van der Waals surface area contributed by atoms with Crippen molar-refractivity contribution >= 4 is 23.2 Å². The number of aromatic nitrogens is 1. The Morgan fingerprint density at radius 2 is 2.17 bits per heavy atom. The van der Waals surface area contributed by atoms with E-state index in [0.29, 0.717) is 35.0 Å². The summed E-state index contributed by atoms with van der Waals surface area (Å²) in [5.74, 6) is 0.304. The van der Waals surface area contributed by atoms with Gasteiger partial charge in [0.25, 0.3) is 5.91 Å². The van der Waals surface area contributed by atoms with E-state index in [2.05, 4.69) is 23.0 Å². The van der Waals surface area contributed by atoms with E-state index in [4.69, 9.17) is 22.1 Å². The quantitative estimate of drug-likeness (QED) is 0.736. The van der Waals surface area contributed by atoms with Gasteiger partial charge in [-0.1, -0.05) is 24.6 Å². The van der Waals surface area contributed by atoms with E-state index >= 15 is 0 Å². The summed E-state index contributed by atoms with van der Waals surface area (Å²) in [6, 6.07) is 6.99. The highest BCUT2D eigenvalue weighted by Gasteiger charge is 2.32. The van der Waals surface area contributed by atoms with Gasteiger partial charge < -0.3 is 15.4 Å². The monoisotopic (exact) mass is 426 g/mol. The molecule has 0 saturated heterocycles. The second-order valence-electron chi connectivity index (χ2n) is 7.19. The van der Waals surface area contributed by atoms with E-state index in [9.17, 15) is 4.79 Å². The van der Waals surface area contributed by atoms with Crippen LogP contribution < -0.4 is 10.5 Å². The fourth-order valence-electron chi connectivity index (χ4n) is 3.76. The van der Waals surface area contributed by atoms with Gasteiger partial charge in [0.15, 0.2) is 0 Å². The molecule has 0 fully saturated rings. The summed E-state index contributed by atoms with van der Waals surface area (Å²) in [4.78, 5) is 23.8. The summed E-state index contributed by atoms with van der Waals surface area (Å²) in [5, 5.41) is 0.309. The van der Waals surface area contributed by atoms with Crippen LogP contribution in [-0.2, 0) is 6.42 Å². The number of ether oxygens (including phenoxy) is 1. The Kier molecular flexibility index (Phi) is 6.77. The SMILES string of the molecule is CCc1cncc(C(=NC)C2=C(N)C(C)N(C(=O)c3cccc(OC)c3Cl)CC2)c1. The highest BCUT2D eigenvalue weighted by Crippen LogP contribution is 2.31. The van der Waals surface area contributed by atoms with Crippen LogP contribution in [0.2, 0.25) is 5.02 Å². The number of nitrogens with two attached hydrogens (primary N) is 1. The van der Waals surface area contributed by atoms with Crippen LogP contribution in [0.15, 0.2) is 52.9 Å². The number of pyridine rings is 1. The van der Waals surface area contributed by atoms with Gasteiger partial charge in [0.1, 0.15) is 5.75 Å². The Morgan fingerprint density at radius 3 is 2.83 bits per heavy atom. The predicted octanol–water partition coefficient (Wildman–Crippen LogP) is 3.87. The number of carbonyl (C=O) groups is 1. The lowest BCUT2D eigenvalue weighted by Crippen LogP contribution is -2.46. The van der Waals surface area contributed by atoms with Crippen LogP contribution in [0.1, 0.15) is 41.8 Å². The number of aliphatic imine (C=N–C) groups is 1. The predicted molar refractivity (Wildman–Crippen MR) is 120 cm³/mol. The third-order valence-corrected chi connectivity index (χ3v) is 5.92. The number of hydrogen-bond donors (Lipinski definition) is 1. The summed E-state index contributed by atoms with van der Waals surface area (Å²) in [6.45, 7) is 4.53. The molecule has 158 valence electrons. The van der Waals surface area contributed by atoms with Crippen molar-refractivity contribution in [3.05, 3.63) is 69.6 Å². The molecule has 1 unspecified atom stereocenters. The molecule has 6 nitrogen and oxygen atoms in total. The number of aryl methyl sites for hydroxylation is 1. The number of amides is 1. The van der Waals surface area contributed by atoms with E-state index in [-0.39, 0.29) is 11.9 Å². The topological polar surface area (TPSA) is 80.8 Å². The van der Waals surface area contributed by atoms with Crippen LogP contribution in [0.3, 0.4) is 0 Å². The minimum Gasteiger partial charge on any atom is -0.495 e. The van der Waals surface area contributed by atoms with Gasteiger partial charge in [-0.15, -0.1) is 0 Å². The molecule has 3 rings (SSSR count). The molecule has 7 heteroatoms. The van der Waals surface area contributed by atoms with Crippen molar-refractivity contribution in [3.8, 4) is 5.75 Å². The van der Waals surface area contributed by atoms with E-state index in [1.165, 1.54) is 7.11 Å². The summed E-state index contributed by atoms with van der Waals surface area (Å²) < 4.78 is 5.24. The molecule has 0 saturated carbocycles. The van der Waals surface area contributed by atoms with Gasteiger partial charge in [-0.3, -0.25) is 14.8 Å². The summed E-state index contributed by atoms with van der Waals surface area (Å²) in [7, 11) is 3.28. The first-order chi connectivity index (χ1) is 14.4. The van der Waals surface area contributed by atoms with Gasteiger partial charge in [-0.05, 0) is 43.5 Å². The second-order valence-corrected chi connectivity index (χ2v) is 7.57. The van der Waals surface area contributed by atoms with Gasteiger partial charge in [0, 0.05) is 42.8 Å². The molecule has 30 heavy (non-hydrogen) atoms. The Morgan fingerprint density at radius 1 is 1.40 bits per heavy atom. The maximum absolute atomic E-state index is 13.2. The minimum atomic E-state index is -0.289. The second kappa shape index (κ2) is 9.30. The van der Waals surface area contributed by atoms with E-state index in [1.54, 1.807) is 36.3 Å². The Balaban J connectivity index is 1.93. The van der Waals surface area contributed by atoms with Gasteiger partial charge in [-0.25, -0.2) is 0 Å². The average molecular weight is 427 g/mol. The smallest absolute Gasteiger partial charge is 0.256 e. The normalized spacial score (nSPS) is 17.3. The standard InChI is InChI=1S/C23H27ClN4O2/c1-5-15-11-16(13-27-12-15)22(26-3)18-9-10-28(14(2)21(18)25)23(29)17-7-6-8-19(30-4)20(17)24/h6-8,11-14H,5,9-10,25H2,1-4H3. The number of carbonyl (C=O) groups excluding carboxylic acids is 1. The van der Waals surface area contributed by atoms with Crippen LogP contribution in [0.25, 0.3) is 0 Å².